The molecule has 0 atom stereocenters. The number of aromatic carboxylic acids is 1. The van der Waals surface area contributed by atoms with Crippen molar-refractivity contribution in [3.8, 4) is 11.4 Å². The average Bonchev–Trinajstić information content (AvgIpc) is 2.94. The molecule has 9 heteroatoms. The zero-order valence-electron chi connectivity index (χ0n) is 14.4. The van der Waals surface area contributed by atoms with Crippen molar-refractivity contribution in [3.05, 3.63) is 50.1 Å². The molecule has 2 heterocycles. The van der Waals surface area contributed by atoms with Crippen LogP contribution >= 0.6 is 22.9 Å². The van der Waals surface area contributed by atoms with E-state index in [0.717, 1.165) is 11.3 Å². The summed E-state index contributed by atoms with van der Waals surface area (Å²) in [6, 6.07) is 6.84. The number of fused-ring (bicyclic) bond motifs is 1. The minimum absolute atomic E-state index is 0.0894. The van der Waals surface area contributed by atoms with Crippen LogP contribution in [0.15, 0.2) is 29.1 Å². The van der Waals surface area contributed by atoms with E-state index in [-0.39, 0.29) is 28.8 Å². The first-order valence-electron chi connectivity index (χ1n) is 8.11. The van der Waals surface area contributed by atoms with Crippen molar-refractivity contribution in [2.45, 2.75) is 26.3 Å². The number of nitrogens with zero attached hydrogens (tertiary/aromatic N) is 2. The van der Waals surface area contributed by atoms with Crippen molar-refractivity contribution < 1.29 is 14.7 Å². The Labute approximate surface area is 163 Å². The summed E-state index contributed by atoms with van der Waals surface area (Å²) in [7, 11) is 0. The van der Waals surface area contributed by atoms with Crippen molar-refractivity contribution >= 4 is 45.0 Å². The molecule has 0 unspecified atom stereocenters. The van der Waals surface area contributed by atoms with Crippen molar-refractivity contribution in [1.82, 2.24) is 9.55 Å². The number of aromatic nitrogens is 2. The van der Waals surface area contributed by atoms with Crippen LogP contribution in [0.2, 0.25) is 5.02 Å². The van der Waals surface area contributed by atoms with Gasteiger partial charge in [-0.3, -0.25) is 14.2 Å². The zero-order chi connectivity index (χ0) is 19.7. The van der Waals surface area contributed by atoms with Gasteiger partial charge in [0.25, 0.3) is 5.56 Å². The van der Waals surface area contributed by atoms with Gasteiger partial charge in [0.2, 0.25) is 5.91 Å². The van der Waals surface area contributed by atoms with Gasteiger partial charge in [-0.2, -0.15) is 0 Å². The smallest absolute Gasteiger partial charge is 0.346 e. The lowest BCUT2D eigenvalue weighted by Crippen LogP contribution is -2.24. The molecule has 2 aromatic heterocycles. The summed E-state index contributed by atoms with van der Waals surface area (Å²) in [5.74, 6) is -1.15. The molecular formula is C18H16ClN3O4S. The second-order valence-corrected chi connectivity index (χ2v) is 7.45. The number of aryl methyl sites for hydroxylation is 1. The number of carboxylic acid groups (broad SMARTS) is 1. The number of amides is 1. The van der Waals surface area contributed by atoms with Gasteiger partial charge >= 0.3 is 5.97 Å². The van der Waals surface area contributed by atoms with Gasteiger partial charge in [0.15, 0.2) is 0 Å². The fraction of sp³-hybridized carbons (Fsp3) is 0.222. The summed E-state index contributed by atoms with van der Waals surface area (Å²) in [5.41, 5.74) is 5.92. The van der Waals surface area contributed by atoms with Crippen LogP contribution < -0.4 is 11.3 Å². The summed E-state index contributed by atoms with van der Waals surface area (Å²) >= 11 is 6.91. The molecule has 27 heavy (non-hydrogen) atoms. The lowest BCUT2D eigenvalue weighted by atomic mass is 10.1. The summed E-state index contributed by atoms with van der Waals surface area (Å²) < 4.78 is 1.46. The Morgan fingerprint density at radius 2 is 1.96 bits per heavy atom. The van der Waals surface area contributed by atoms with E-state index in [9.17, 15) is 19.5 Å². The molecule has 3 rings (SSSR count). The maximum atomic E-state index is 13.1. The largest absolute Gasteiger partial charge is 0.477 e. The number of hydrogen-bond acceptors (Lipinski definition) is 5. The molecule has 0 aliphatic heterocycles. The molecule has 0 bridgehead atoms. The van der Waals surface area contributed by atoms with E-state index >= 15 is 0 Å². The molecule has 1 aromatic carbocycles. The fourth-order valence-electron chi connectivity index (χ4n) is 2.86. The van der Waals surface area contributed by atoms with Gasteiger partial charge in [0, 0.05) is 23.6 Å². The fourth-order valence-corrected chi connectivity index (χ4v) is 4.00. The zero-order valence-corrected chi connectivity index (χ0v) is 15.9. The van der Waals surface area contributed by atoms with Crippen molar-refractivity contribution in [2.24, 2.45) is 5.73 Å². The maximum Gasteiger partial charge on any atom is 0.346 e. The van der Waals surface area contributed by atoms with Gasteiger partial charge < -0.3 is 10.8 Å². The van der Waals surface area contributed by atoms with Crippen LogP contribution in [0.3, 0.4) is 0 Å². The Morgan fingerprint density at radius 1 is 1.30 bits per heavy atom. The van der Waals surface area contributed by atoms with E-state index in [1.807, 2.05) is 0 Å². The second-order valence-electron chi connectivity index (χ2n) is 6.01. The van der Waals surface area contributed by atoms with Crippen LogP contribution in [0.25, 0.3) is 21.6 Å². The van der Waals surface area contributed by atoms with E-state index in [0.29, 0.717) is 33.2 Å². The first-order valence-corrected chi connectivity index (χ1v) is 9.30. The predicted octanol–water partition coefficient (Wildman–Crippen LogP) is 3.05. The van der Waals surface area contributed by atoms with Crippen molar-refractivity contribution in [1.29, 1.82) is 0 Å². The van der Waals surface area contributed by atoms with Crippen LogP contribution in [0.5, 0.6) is 0 Å². The van der Waals surface area contributed by atoms with Gasteiger partial charge in [0.05, 0.1) is 5.39 Å². The summed E-state index contributed by atoms with van der Waals surface area (Å²) in [6.45, 7) is 1.83. The van der Waals surface area contributed by atoms with Gasteiger partial charge in [-0.25, -0.2) is 9.78 Å². The highest BCUT2D eigenvalue weighted by Gasteiger charge is 2.21. The standard InChI is InChI=1S/C18H16ClN3O4S/c1-9-13-16(27-14(9)18(25)26)21-15(10-4-6-11(19)7-5-10)22(17(13)24)8-2-3-12(20)23/h4-7H,2-3,8H2,1H3,(H2,20,23)(H,25,26). The van der Waals surface area contributed by atoms with Crippen molar-refractivity contribution in [2.75, 3.05) is 0 Å². The number of halogens is 1. The molecule has 7 nitrogen and oxygen atoms in total. The molecule has 0 fully saturated rings. The Balaban J connectivity index is 2.24. The number of hydrogen-bond donors (Lipinski definition) is 2. The summed E-state index contributed by atoms with van der Waals surface area (Å²) in [6.07, 6.45) is 0.505. The number of nitrogens with two attached hydrogens (primary N) is 1. The number of carboxylic acids is 1. The summed E-state index contributed by atoms with van der Waals surface area (Å²) in [4.78, 5) is 40.6. The van der Waals surface area contributed by atoms with E-state index in [1.54, 1.807) is 31.2 Å². The molecule has 140 valence electrons. The maximum absolute atomic E-state index is 13.1. The lowest BCUT2D eigenvalue weighted by molar-refractivity contribution is -0.118. The molecule has 0 aliphatic rings. The van der Waals surface area contributed by atoms with E-state index in [1.165, 1.54) is 4.57 Å². The number of primary amides is 1. The molecule has 0 spiro atoms. The van der Waals surface area contributed by atoms with Crippen LogP contribution in [0, 0.1) is 6.92 Å². The number of benzene rings is 1. The Bertz CT molecular complexity index is 1100. The third-order valence-corrected chi connectivity index (χ3v) is 5.58. The topological polar surface area (TPSA) is 115 Å². The molecule has 1 amide bonds. The first-order chi connectivity index (χ1) is 12.8. The molecular weight excluding hydrogens is 390 g/mol. The average molecular weight is 406 g/mol. The Hall–Kier alpha value is -2.71. The molecule has 3 N–H and O–H groups in total. The summed E-state index contributed by atoms with van der Waals surface area (Å²) in [5, 5.41) is 10.2. The molecule has 0 saturated heterocycles. The van der Waals surface area contributed by atoms with Gasteiger partial charge in [-0.05, 0) is 43.2 Å². The van der Waals surface area contributed by atoms with Gasteiger partial charge in [-0.15, -0.1) is 11.3 Å². The third-order valence-electron chi connectivity index (χ3n) is 4.15. The molecule has 0 saturated carbocycles. The predicted molar refractivity (Wildman–Crippen MR) is 104 cm³/mol. The Kier molecular flexibility index (Phi) is 5.29. The monoisotopic (exact) mass is 405 g/mol. The number of carbonyl (C=O) groups is 2. The molecule has 0 aliphatic carbocycles. The quantitative estimate of drug-likeness (QED) is 0.653. The minimum atomic E-state index is -1.09. The van der Waals surface area contributed by atoms with Gasteiger partial charge in [0.1, 0.15) is 15.5 Å². The molecule has 3 aromatic rings. The number of thiophene rings is 1. The van der Waals surface area contributed by atoms with E-state index < -0.39 is 11.9 Å². The normalized spacial score (nSPS) is 11.0. The van der Waals surface area contributed by atoms with E-state index in [4.69, 9.17) is 17.3 Å². The van der Waals surface area contributed by atoms with Gasteiger partial charge in [-0.1, -0.05) is 11.6 Å². The number of rotatable bonds is 6. The van der Waals surface area contributed by atoms with Crippen LogP contribution in [-0.4, -0.2) is 26.5 Å². The SMILES string of the molecule is Cc1c(C(=O)O)sc2nc(-c3ccc(Cl)cc3)n(CCCC(N)=O)c(=O)c12. The highest BCUT2D eigenvalue weighted by atomic mass is 35.5. The van der Waals surface area contributed by atoms with Crippen molar-refractivity contribution in [3.63, 3.8) is 0 Å². The highest BCUT2D eigenvalue weighted by Crippen LogP contribution is 2.30. The first kappa shape index (κ1) is 19.1. The lowest BCUT2D eigenvalue weighted by Gasteiger charge is -2.12. The highest BCUT2D eigenvalue weighted by molar-refractivity contribution is 7.20. The Morgan fingerprint density at radius 3 is 2.56 bits per heavy atom. The van der Waals surface area contributed by atoms with Crippen LogP contribution in [-0.2, 0) is 11.3 Å². The third kappa shape index (κ3) is 3.72. The van der Waals surface area contributed by atoms with E-state index in [2.05, 4.69) is 4.98 Å². The minimum Gasteiger partial charge on any atom is -0.477 e. The number of carbonyl (C=O) groups excluding carboxylic acids is 1. The second kappa shape index (κ2) is 7.50. The van der Waals surface area contributed by atoms with Crippen LogP contribution in [0.4, 0.5) is 0 Å². The molecule has 0 radical (unpaired) electrons. The van der Waals surface area contributed by atoms with Crippen LogP contribution in [0.1, 0.15) is 28.1 Å².